The van der Waals surface area contributed by atoms with Crippen LogP contribution >= 0.6 is 11.3 Å². The first-order valence-corrected chi connectivity index (χ1v) is 8.62. The molecule has 0 radical (unpaired) electrons. The number of hydrogen-bond acceptors (Lipinski definition) is 4. The van der Waals surface area contributed by atoms with Crippen LogP contribution < -0.4 is 5.32 Å². The van der Waals surface area contributed by atoms with Gasteiger partial charge in [0.25, 0.3) is 5.91 Å². The summed E-state index contributed by atoms with van der Waals surface area (Å²) in [4.78, 5) is 16.4. The lowest BCUT2D eigenvalue weighted by atomic mass is 10.1. The first-order chi connectivity index (χ1) is 12.4. The van der Waals surface area contributed by atoms with Crippen molar-refractivity contribution in [1.82, 2.24) is 10.3 Å². The Balaban J connectivity index is 1.51. The zero-order valence-corrected chi connectivity index (χ0v) is 14.4. The van der Waals surface area contributed by atoms with E-state index in [0.29, 0.717) is 17.7 Å². The van der Waals surface area contributed by atoms with E-state index in [0.717, 1.165) is 15.8 Å². The molecule has 0 aliphatic carbocycles. The molecule has 0 bridgehead atoms. The minimum Gasteiger partial charge on any atom is -0.367 e. The molecule has 0 fully saturated rings. The zero-order valence-electron chi connectivity index (χ0n) is 13.5. The van der Waals surface area contributed by atoms with Gasteiger partial charge in [-0.2, -0.15) is 13.2 Å². The molecule has 3 aromatic rings. The summed E-state index contributed by atoms with van der Waals surface area (Å²) >= 11 is 1.47. The van der Waals surface area contributed by atoms with Gasteiger partial charge >= 0.3 is 6.18 Å². The first kappa shape index (κ1) is 18.3. The minimum atomic E-state index is -4.33. The summed E-state index contributed by atoms with van der Waals surface area (Å²) in [5.41, 5.74) is 4.62. The van der Waals surface area contributed by atoms with Crippen molar-refractivity contribution in [3.8, 4) is 0 Å². The summed E-state index contributed by atoms with van der Waals surface area (Å²) in [6, 6.07) is 12.2. The number of aromatic nitrogens is 1. The van der Waals surface area contributed by atoms with E-state index in [-0.39, 0.29) is 12.5 Å². The summed E-state index contributed by atoms with van der Waals surface area (Å²) in [5, 5.41) is 2.82. The van der Waals surface area contributed by atoms with Gasteiger partial charge in [-0.15, -0.1) is 11.3 Å². The highest BCUT2D eigenvalue weighted by atomic mass is 32.1. The van der Waals surface area contributed by atoms with Gasteiger partial charge in [0.1, 0.15) is 6.61 Å². The first-order valence-electron chi connectivity index (χ1n) is 7.74. The second-order valence-corrected chi connectivity index (χ2v) is 6.53. The Morgan fingerprint density at radius 3 is 2.58 bits per heavy atom. The van der Waals surface area contributed by atoms with Crippen molar-refractivity contribution in [1.29, 1.82) is 0 Å². The van der Waals surface area contributed by atoms with Crippen molar-refractivity contribution in [2.75, 3.05) is 6.61 Å². The molecule has 0 saturated heterocycles. The Morgan fingerprint density at radius 1 is 1.12 bits per heavy atom. The van der Waals surface area contributed by atoms with Crippen molar-refractivity contribution < 1.29 is 22.7 Å². The molecular formula is C18H15F3N2O2S. The van der Waals surface area contributed by atoms with E-state index in [2.05, 4.69) is 15.0 Å². The predicted octanol–water partition coefficient (Wildman–Crippen LogP) is 4.31. The second-order valence-electron chi connectivity index (χ2n) is 5.64. The lowest BCUT2D eigenvalue weighted by molar-refractivity contribution is -0.176. The minimum absolute atomic E-state index is 0.110. The number of nitrogens with zero attached hydrogens (tertiary/aromatic N) is 1. The topological polar surface area (TPSA) is 51.2 Å². The van der Waals surface area contributed by atoms with Crippen LogP contribution in [-0.4, -0.2) is 23.7 Å². The van der Waals surface area contributed by atoms with Crippen LogP contribution in [0.25, 0.3) is 10.2 Å². The molecule has 136 valence electrons. The molecule has 0 unspecified atom stereocenters. The number of carbonyl (C=O) groups is 1. The van der Waals surface area contributed by atoms with Crippen LogP contribution in [0.3, 0.4) is 0 Å². The molecule has 1 amide bonds. The van der Waals surface area contributed by atoms with Crippen molar-refractivity contribution in [3.63, 3.8) is 0 Å². The van der Waals surface area contributed by atoms with Crippen LogP contribution in [0.1, 0.15) is 21.5 Å². The van der Waals surface area contributed by atoms with E-state index in [1.54, 1.807) is 48.0 Å². The second kappa shape index (κ2) is 7.84. The molecule has 0 aliphatic heterocycles. The maximum absolute atomic E-state index is 12.2. The molecule has 0 spiro atoms. The molecule has 1 aromatic heterocycles. The van der Waals surface area contributed by atoms with E-state index in [1.165, 1.54) is 11.3 Å². The quantitative estimate of drug-likeness (QED) is 0.694. The smallest absolute Gasteiger partial charge is 0.367 e. The molecule has 1 N–H and O–H groups in total. The predicted molar refractivity (Wildman–Crippen MR) is 92.9 cm³/mol. The maximum atomic E-state index is 12.2. The van der Waals surface area contributed by atoms with Gasteiger partial charge in [0.05, 0.1) is 22.3 Å². The highest BCUT2D eigenvalue weighted by Crippen LogP contribution is 2.19. The zero-order chi connectivity index (χ0) is 18.6. The summed E-state index contributed by atoms with van der Waals surface area (Å²) in [6.45, 7) is -1.06. The SMILES string of the molecule is O=C(NCc1ccc(COCC(F)(F)F)cc1)c1ccc2ncsc2c1. The van der Waals surface area contributed by atoms with Gasteiger partial charge in [0.15, 0.2) is 0 Å². The van der Waals surface area contributed by atoms with Crippen LogP contribution in [-0.2, 0) is 17.9 Å². The van der Waals surface area contributed by atoms with E-state index in [9.17, 15) is 18.0 Å². The molecular weight excluding hydrogens is 365 g/mol. The van der Waals surface area contributed by atoms with Crippen molar-refractivity contribution >= 4 is 27.5 Å². The Labute approximate surface area is 151 Å². The number of nitrogens with one attached hydrogen (secondary N) is 1. The van der Waals surface area contributed by atoms with Crippen molar-refractivity contribution in [2.24, 2.45) is 0 Å². The van der Waals surface area contributed by atoms with Gasteiger partial charge in [-0.05, 0) is 29.3 Å². The fourth-order valence-corrected chi connectivity index (χ4v) is 3.04. The average molecular weight is 380 g/mol. The van der Waals surface area contributed by atoms with Crippen LogP contribution in [0.4, 0.5) is 13.2 Å². The Morgan fingerprint density at radius 2 is 1.85 bits per heavy atom. The molecule has 0 saturated carbocycles. The molecule has 0 aliphatic rings. The summed E-state index contributed by atoms with van der Waals surface area (Å²) in [6.07, 6.45) is -4.33. The Hall–Kier alpha value is -2.45. The number of rotatable bonds is 6. The standard InChI is InChI=1S/C18H15F3N2O2S/c19-18(20,21)10-25-9-13-3-1-12(2-4-13)8-22-17(24)14-5-6-15-16(7-14)26-11-23-15/h1-7,11H,8-10H2,(H,22,24). The maximum Gasteiger partial charge on any atom is 0.411 e. The molecule has 4 nitrogen and oxygen atoms in total. The number of hydrogen-bond donors (Lipinski definition) is 1. The molecule has 3 rings (SSSR count). The number of fused-ring (bicyclic) bond motifs is 1. The van der Waals surface area contributed by atoms with E-state index < -0.39 is 12.8 Å². The van der Waals surface area contributed by atoms with Gasteiger partial charge in [0, 0.05) is 12.1 Å². The van der Waals surface area contributed by atoms with E-state index in [4.69, 9.17) is 0 Å². The lowest BCUT2D eigenvalue weighted by Gasteiger charge is -2.09. The number of amides is 1. The number of halogens is 3. The highest BCUT2D eigenvalue weighted by molar-refractivity contribution is 7.16. The summed E-state index contributed by atoms with van der Waals surface area (Å²) in [5.74, 6) is -0.196. The van der Waals surface area contributed by atoms with Gasteiger partial charge in [-0.25, -0.2) is 4.98 Å². The average Bonchev–Trinajstić information content (AvgIpc) is 3.07. The number of alkyl halides is 3. The number of carbonyl (C=O) groups excluding carboxylic acids is 1. The third kappa shape index (κ3) is 5.03. The number of thiazole rings is 1. The Kier molecular flexibility index (Phi) is 5.53. The third-order valence-electron chi connectivity index (χ3n) is 3.60. The fourth-order valence-electron chi connectivity index (χ4n) is 2.32. The van der Waals surface area contributed by atoms with Crippen LogP contribution in [0.15, 0.2) is 48.0 Å². The van der Waals surface area contributed by atoms with Crippen LogP contribution in [0, 0.1) is 0 Å². The van der Waals surface area contributed by atoms with Crippen LogP contribution in [0.2, 0.25) is 0 Å². The Bertz CT molecular complexity index is 891. The molecule has 1 heterocycles. The summed E-state index contributed by atoms with van der Waals surface area (Å²) < 4.78 is 41.7. The summed E-state index contributed by atoms with van der Waals surface area (Å²) in [7, 11) is 0. The molecule has 26 heavy (non-hydrogen) atoms. The largest absolute Gasteiger partial charge is 0.411 e. The van der Waals surface area contributed by atoms with Crippen molar-refractivity contribution in [2.45, 2.75) is 19.3 Å². The lowest BCUT2D eigenvalue weighted by Crippen LogP contribution is -2.22. The van der Waals surface area contributed by atoms with Crippen LogP contribution in [0.5, 0.6) is 0 Å². The normalized spacial score (nSPS) is 11.7. The van der Waals surface area contributed by atoms with Gasteiger partial charge in [-0.3, -0.25) is 4.79 Å². The monoisotopic (exact) mass is 380 g/mol. The fraction of sp³-hybridized carbons (Fsp3) is 0.222. The third-order valence-corrected chi connectivity index (χ3v) is 4.40. The number of benzene rings is 2. The number of ether oxygens (including phenoxy) is 1. The van der Waals surface area contributed by atoms with Gasteiger partial charge in [-0.1, -0.05) is 24.3 Å². The van der Waals surface area contributed by atoms with E-state index >= 15 is 0 Å². The highest BCUT2D eigenvalue weighted by Gasteiger charge is 2.27. The molecule has 0 atom stereocenters. The molecule has 2 aromatic carbocycles. The van der Waals surface area contributed by atoms with Gasteiger partial charge in [0.2, 0.25) is 0 Å². The molecule has 8 heteroatoms. The van der Waals surface area contributed by atoms with Gasteiger partial charge < -0.3 is 10.1 Å². The van der Waals surface area contributed by atoms with Crippen molar-refractivity contribution in [3.05, 3.63) is 64.7 Å². The van der Waals surface area contributed by atoms with E-state index in [1.807, 2.05) is 0 Å².